The summed E-state index contributed by atoms with van der Waals surface area (Å²) in [5.74, 6) is -1.84. The molecule has 136 valence electrons. The molecule has 1 saturated heterocycles. The maximum Gasteiger partial charge on any atom is 0.334 e. The van der Waals surface area contributed by atoms with E-state index in [1.54, 1.807) is 0 Å². The van der Waals surface area contributed by atoms with E-state index in [1.807, 2.05) is 13.0 Å². The Labute approximate surface area is 147 Å². The van der Waals surface area contributed by atoms with Gasteiger partial charge in [-0.2, -0.15) is 0 Å². The minimum Gasteiger partial charge on any atom is -0.461 e. The van der Waals surface area contributed by atoms with Crippen LogP contribution in [0.4, 0.5) is 0 Å². The standard InChI is InChI=1S/C19H24O6/c1-10-6-7-15(23-13(4)20)11(2)9-17(24-14(5)21)18-12(3)19(22)25-16(18)8-10/h8,15-18H,2-3,6-7,9H2,1,4-5H3. The summed E-state index contributed by atoms with van der Waals surface area (Å²) in [7, 11) is 0. The lowest BCUT2D eigenvalue weighted by Gasteiger charge is -2.30. The van der Waals surface area contributed by atoms with Crippen LogP contribution in [0, 0.1) is 5.92 Å². The molecule has 0 bridgehead atoms. The lowest BCUT2D eigenvalue weighted by molar-refractivity contribution is -0.151. The maximum absolute atomic E-state index is 12.0. The minimum absolute atomic E-state index is 0.265. The van der Waals surface area contributed by atoms with Gasteiger partial charge < -0.3 is 14.2 Å². The van der Waals surface area contributed by atoms with Crippen molar-refractivity contribution in [1.82, 2.24) is 0 Å². The van der Waals surface area contributed by atoms with Crippen LogP contribution >= 0.6 is 0 Å². The van der Waals surface area contributed by atoms with Crippen LogP contribution in [-0.2, 0) is 28.6 Å². The van der Waals surface area contributed by atoms with Gasteiger partial charge in [-0.15, -0.1) is 0 Å². The first-order valence-corrected chi connectivity index (χ1v) is 8.28. The summed E-state index contributed by atoms with van der Waals surface area (Å²) in [6, 6.07) is 0. The van der Waals surface area contributed by atoms with Gasteiger partial charge in [0.1, 0.15) is 18.3 Å². The largest absolute Gasteiger partial charge is 0.461 e. The average molecular weight is 348 g/mol. The van der Waals surface area contributed by atoms with E-state index < -0.39 is 42.1 Å². The van der Waals surface area contributed by atoms with E-state index in [1.165, 1.54) is 13.8 Å². The Morgan fingerprint density at radius 3 is 2.44 bits per heavy atom. The van der Waals surface area contributed by atoms with E-state index in [0.29, 0.717) is 18.4 Å². The maximum atomic E-state index is 12.0. The van der Waals surface area contributed by atoms with E-state index in [0.717, 1.165) is 5.57 Å². The number of hydrogen-bond acceptors (Lipinski definition) is 6. The number of carbonyl (C=O) groups is 3. The Hall–Kier alpha value is -2.37. The van der Waals surface area contributed by atoms with Gasteiger partial charge in [0.15, 0.2) is 0 Å². The molecule has 0 amide bonds. The van der Waals surface area contributed by atoms with Gasteiger partial charge in [0.2, 0.25) is 0 Å². The van der Waals surface area contributed by atoms with Gasteiger partial charge >= 0.3 is 17.9 Å². The normalized spacial score (nSPS) is 30.0. The van der Waals surface area contributed by atoms with Crippen molar-refractivity contribution in [3.05, 3.63) is 36.0 Å². The number of rotatable bonds is 2. The summed E-state index contributed by atoms with van der Waals surface area (Å²) < 4.78 is 16.2. The zero-order chi connectivity index (χ0) is 18.7. The Bertz CT molecular complexity index is 644. The summed E-state index contributed by atoms with van der Waals surface area (Å²) in [5.41, 5.74) is 1.91. The molecule has 4 unspecified atom stereocenters. The second kappa shape index (κ2) is 7.68. The molecule has 0 aromatic heterocycles. The van der Waals surface area contributed by atoms with E-state index in [4.69, 9.17) is 14.2 Å². The molecule has 0 radical (unpaired) electrons. The highest BCUT2D eigenvalue weighted by Gasteiger charge is 2.44. The summed E-state index contributed by atoms with van der Waals surface area (Å²) in [5, 5.41) is 0. The first kappa shape index (κ1) is 19.0. The van der Waals surface area contributed by atoms with Gasteiger partial charge in [-0.3, -0.25) is 9.59 Å². The van der Waals surface area contributed by atoms with Crippen LogP contribution in [-0.4, -0.2) is 36.2 Å². The Kier molecular flexibility index (Phi) is 5.82. The van der Waals surface area contributed by atoms with Crippen LogP contribution in [0.1, 0.15) is 40.0 Å². The first-order valence-electron chi connectivity index (χ1n) is 8.28. The fourth-order valence-electron chi connectivity index (χ4n) is 3.29. The molecule has 0 saturated carbocycles. The first-order chi connectivity index (χ1) is 11.7. The predicted octanol–water partition coefficient (Wildman–Crippen LogP) is 2.63. The van der Waals surface area contributed by atoms with Gasteiger partial charge in [-0.25, -0.2) is 4.79 Å². The van der Waals surface area contributed by atoms with Crippen LogP contribution in [0.25, 0.3) is 0 Å². The smallest absolute Gasteiger partial charge is 0.334 e. The highest BCUT2D eigenvalue weighted by Crippen LogP contribution is 2.37. The zero-order valence-corrected chi connectivity index (χ0v) is 14.9. The van der Waals surface area contributed by atoms with E-state index in [9.17, 15) is 14.4 Å². The topological polar surface area (TPSA) is 78.9 Å². The van der Waals surface area contributed by atoms with Gasteiger partial charge in [0, 0.05) is 25.8 Å². The highest BCUT2D eigenvalue weighted by molar-refractivity contribution is 5.91. The molecule has 1 aliphatic heterocycles. The number of ether oxygens (including phenoxy) is 3. The molecule has 0 N–H and O–H groups in total. The molecular formula is C19H24O6. The van der Waals surface area contributed by atoms with Crippen LogP contribution in [0.3, 0.4) is 0 Å². The summed E-state index contributed by atoms with van der Waals surface area (Å²) in [4.78, 5) is 34.9. The average Bonchev–Trinajstić information content (AvgIpc) is 2.75. The fourth-order valence-corrected chi connectivity index (χ4v) is 3.29. The van der Waals surface area contributed by atoms with Crippen molar-refractivity contribution in [2.45, 2.75) is 58.3 Å². The highest BCUT2D eigenvalue weighted by atomic mass is 16.6. The lowest BCUT2D eigenvalue weighted by atomic mass is 9.84. The Morgan fingerprint density at radius 2 is 1.84 bits per heavy atom. The molecule has 1 heterocycles. The SMILES string of the molecule is C=C1CC(OC(C)=O)C2C(=C)C(=O)OC2C=C(C)CCC1OC(C)=O. The fraction of sp³-hybridized carbons (Fsp3) is 0.526. The third-order valence-corrected chi connectivity index (χ3v) is 4.46. The monoisotopic (exact) mass is 348 g/mol. The number of hydrogen-bond donors (Lipinski definition) is 0. The van der Waals surface area contributed by atoms with Crippen molar-refractivity contribution >= 4 is 17.9 Å². The van der Waals surface area contributed by atoms with E-state index in [2.05, 4.69) is 13.2 Å². The van der Waals surface area contributed by atoms with Gasteiger partial charge in [-0.05, 0) is 31.4 Å². The van der Waals surface area contributed by atoms with Gasteiger partial charge in [0.25, 0.3) is 0 Å². The Balaban J connectivity index is 2.39. The summed E-state index contributed by atoms with van der Waals surface area (Å²) >= 11 is 0. The van der Waals surface area contributed by atoms with Crippen molar-refractivity contribution in [2.24, 2.45) is 5.92 Å². The van der Waals surface area contributed by atoms with Crippen LogP contribution < -0.4 is 0 Å². The molecular weight excluding hydrogens is 324 g/mol. The predicted molar refractivity (Wildman–Crippen MR) is 90.4 cm³/mol. The summed E-state index contributed by atoms with van der Waals surface area (Å²) in [6.07, 6.45) is 1.71. The minimum atomic E-state index is -0.658. The Morgan fingerprint density at radius 1 is 1.20 bits per heavy atom. The molecule has 6 heteroatoms. The molecule has 25 heavy (non-hydrogen) atoms. The molecule has 0 spiro atoms. The van der Waals surface area contributed by atoms with Gasteiger partial charge in [-0.1, -0.05) is 18.7 Å². The number of fused-ring (bicyclic) bond motifs is 1. The molecule has 2 aliphatic rings. The molecule has 0 aromatic rings. The van der Waals surface area contributed by atoms with Crippen molar-refractivity contribution in [2.75, 3.05) is 0 Å². The number of allylic oxidation sites excluding steroid dienone is 1. The molecule has 0 aromatic carbocycles. The number of esters is 3. The van der Waals surface area contributed by atoms with Crippen LogP contribution in [0.5, 0.6) is 0 Å². The van der Waals surface area contributed by atoms with Gasteiger partial charge in [0.05, 0.1) is 5.92 Å². The van der Waals surface area contributed by atoms with Crippen molar-refractivity contribution in [3.63, 3.8) is 0 Å². The quantitative estimate of drug-likeness (QED) is 0.330. The van der Waals surface area contributed by atoms with Crippen LogP contribution in [0.2, 0.25) is 0 Å². The lowest BCUT2D eigenvalue weighted by Crippen LogP contribution is -2.35. The summed E-state index contributed by atoms with van der Waals surface area (Å²) in [6.45, 7) is 12.4. The van der Waals surface area contributed by atoms with E-state index in [-0.39, 0.29) is 12.0 Å². The van der Waals surface area contributed by atoms with Crippen LogP contribution in [0.15, 0.2) is 36.0 Å². The van der Waals surface area contributed by atoms with Crippen molar-refractivity contribution < 1.29 is 28.6 Å². The molecule has 1 aliphatic carbocycles. The zero-order valence-electron chi connectivity index (χ0n) is 14.9. The molecule has 2 rings (SSSR count). The van der Waals surface area contributed by atoms with E-state index >= 15 is 0 Å². The molecule has 4 atom stereocenters. The molecule has 6 nitrogen and oxygen atoms in total. The van der Waals surface area contributed by atoms with Crippen molar-refractivity contribution in [1.29, 1.82) is 0 Å². The number of carbonyl (C=O) groups excluding carboxylic acids is 3. The second-order valence-corrected chi connectivity index (χ2v) is 6.58. The third-order valence-electron chi connectivity index (χ3n) is 4.46. The third kappa shape index (κ3) is 4.59. The van der Waals surface area contributed by atoms with Crippen molar-refractivity contribution in [3.8, 4) is 0 Å². The second-order valence-electron chi connectivity index (χ2n) is 6.58. The molecule has 1 fully saturated rings.